The van der Waals surface area contributed by atoms with Gasteiger partial charge in [-0.15, -0.1) is 0 Å². The summed E-state index contributed by atoms with van der Waals surface area (Å²) >= 11 is 0. The number of hydrogen-bond donors (Lipinski definition) is 1. The van der Waals surface area contributed by atoms with Gasteiger partial charge >= 0.3 is 0 Å². The van der Waals surface area contributed by atoms with Gasteiger partial charge in [0.2, 0.25) is 0 Å². The van der Waals surface area contributed by atoms with Crippen molar-refractivity contribution in [2.45, 2.75) is 12.5 Å². The smallest absolute Gasteiger partial charge is 0.123 e. The fourth-order valence-corrected chi connectivity index (χ4v) is 3.59. The third-order valence-corrected chi connectivity index (χ3v) is 4.81. The average molecular weight is 347 g/mol. The van der Waals surface area contributed by atoms with Crippen LogP contribution in [0.4, 0.5) is 10.1 Å². The van der Waals surface area contributed by atoms with Gasteiger partial charge < -0.3 is 10.2 Å². The second-order valence-electron chi connectivity index (χ2n) is 6.67. The fraction of sp³-hybridized carbons (Fsp3) is 0.227. The third-order valence-electron chi connectivity index (χ3n) is 4.81. The van der Waals surface area contributed by atoms with Gasteiger partial charge in [0.05, 0.1) is 11.4 Å². The van der Waals surface area contributed by atoms with Crippen molar-refractivity contribution in [1.82, 2.24) is 10.3 Å². The second kappa shape index (κ2) is 7.67. The molecule has 4 heteroatoms. The first-order valence-electron chi connectivity index (χ1n) is 9.03. The maximum atomic E-state index is 13.7. The Balaban J connectivity index is 1.57. The van der Waals surface area contributed by atoms with Crippen molar-refractivity contribution in [3.63, 3.8) is 0 Å². The molecule has 1 unspecified atom stereocenters. The highest BCUT2D eigenvalue weighted by Crippen LogP contribution is 2.29. The maximum Gasteiger partial charge on any atom is 0.123 e. The molecule has 0 radical (unpaired) electrons. The van der Waals surface area contributed by atoms with Crippen LogP contribution >= 0.6 is 0 Å². The molecule has 1 N–H and O–H groups in total. The highest BCUT2D eigenvalue weighted by Gasteiger charge is 2.22. The molecule has 2 heterocycles. The van der Waals surface area contributed by atoms with Crippen molar-refractivity contribution in [2.24, 2.45) is 0 Å². The first kappa shape index (κ1) is 16.7. The zero-order chi connectivity index (χ0) is 17.8. The predicted molar refractivity (Wildman–Crippen MR) is 104 cm³/mol. The summed E-state index contributed by atoms with van der Waals surface area (Å²) in [5.74, 6) is -0.235. The molecule has 0 amide bonds. The maximum absolute atomic E-state index is 13.7. The van der Waals surface area contributed by atoms with Gasteiger partial charge in [-0.2, -0.15) is 0 Å². The number of nitrogens with one attached hydrogen (secondary N) is 1. The summed E-state index contributed by atoms with van der Waals surface area (Å²) in [5.41, 5.74) is 4.06. The number of rotatable bonds is 4. The van der Waals surface area contributed by atoms with Gasteiger partial charge in [0.15, 0.2) is 0 Å². The molecule has 1 aliphatic heterocycles. The van der Waals surface area contributed by atoms with E-state index in [4.69, 9.17) is 0 Å². The van der Waals surface area contributed by atoms with E-state index in [1.165, 1.54) is 11.6 Å². The van der Waals surface area contributed by atoms with Crippen molar-refractivity contribution in [3.8, 4) is 11.3 Å². The zero-order valence-corrected chi connectivity index (χ0v) is 14.6. The lowest BCUT2D eigenvalue weighted by Gasteiger charge is -2.36. The van der Waals surface area contributed by atoms with E-state index in [0.717, 1.165) is 43.0 Å². The van der Waals surface area contributed by atoms with Crippen LogP contribution < -0.4 is 10.2 Å². The van der Waals surface area contributed by atoms with Gasteiger partial charge in [-0.05, 0) is 36.2 Å². The van der Waals surface area contributed by atoms with E-state index in [9.17, 15) is 4.39 Å². The van der Waals surface area contributed by atoms with E-state index >= 15 is 0 Å². The summed E-state index contributed by atoms with van der Waals surface area (Å²) in [5, 5.41) is 3.61. The van der Waals surface area contributed by atoms with Crippen LogP contribution in [0.15, 0.2) is 72.9 Å². The Labute approximate surface area is 153 Å². The van der Waals surface area contributed by atoms with Gasteiger partial charge in [-0.3, -0.25) is 4.98 Å². The highest BCUT2D eigenvalue weighted by atomic mass is 19.1. The first-order chi connectivity index (χ1) is 12.8. The van der Waals surface area contributed by atoms with Crippen LogP contribution in [0.1, 0.15) is 5.56 Å². The number of anilines is 1. The SMILES string of the molecule is Fc1cccc(-c2ncccc2N2CCNC(Cc3ccccc3)C2)c1. The Bertz CT molecular complexity index is 866. The lowest BCUT2D eigenvalue weighted by Crippen LogP contribution is -2.51. The summed E-state index contributed by atoms with van der Waals surface area (Å²) in [4.78, 5) is 6.90. The largest absolute Gasteiger partial charge is 0.367 e. The van der Waals surface area contributed by atoms with Crippen molar-refractivity contribution < 1.29 is 4.39 Å². The summed E-state index contributed by atoms with van der Waals surface area (Å²) < 4.78 is 13.7. The van der Waals surface area contributed by atoms with Gasteiger partial charge in [0.25, 0.3) is 0 Å². The Kier molecular flexibility index (Phi) is 4.93. The molecule has 0 saturated carbocycles. The Morgan fingerprint density at radius 1 is 1.04 bits per heavy atom. The number of pyridine rings is 1. The topological polar surface area (TPSA) is 28.2 Å². The molecule has 1 fully saturated rings. The Morgan fingerprint density at radius 2 is 1.92 bits per heavy atom. The van der Waals surface area contributed by atoms with Crippen LogP contribution in [-0.2, 0) is 6.42 Å². The molecule has 1 aliphatic rings. The summed E-state index contributed by atoms with van der Waals surface area (Å²) in [7, 11) is 0. The number of benzene rings is 2. The molecule has 3 nitrogen and oxygen atoms in total. The van der Waals surface area contributed by atoms with Crippen LogP contribution in [0.3, 0.4) is 0 Å². The summed E-state index contributed by atoms with van der Waals surface area (Å²) in [6.07, 6.45) is 2.76. The predicted octanol–water partition coefficient (Wildman–Crippen LogP) is 3.91. The van der Waals surface area contributed by atoms with Crippen LogP contribution in [0.2, 0.25) is 0 Å². The average Bonchev–Trinajstić information content (AvgIpc) is 2.69. The molecular weight excluding hydrogens is 325 g/mol. The van der Waals surface area contributed by atoms with Gasteiger partial charge in [0.1, 0.15) is 5.82 Å². The first-order valence-corrected chi connectivity index (χ1v) is 9.03. The highest BCUT2D eigenvalue weighted by molar-refractivity contribution is 5.75. The molecular formula is C22H22FN3. The fourth-order valence-electron chi connectivity index (χ4n) is 3.59. The van der Waals surface area contributed by atoms with E-state index in [0.29, 0.717) is 6.04 Å². The number of piperazine rings is 1. The molecule has 0 spiro atoms. The molecule has 132 valence electrons. The molecule has 4 rings (SSSR count). The van der Waals surface area contributed by atoms with Crippen molar-refractivity contribution in [3.05, 3.63) is 84.3 Å². The van der Waals surface area contributed by atoms with Crippen LogP contribution in [-0.4, -0.2) is 30.7 Å². The number of halogens is 1. The monoisotopic (exact) mass is 347 g/mol. The van der Waals surface area contributed by atoms with Crippen molar-refractivity contribution in [2.75, 3.05) is 24.5 Å². The van der Waals surface area contributed by atoms with Crippen molar-refractivity contribution in [1.29, 1.82) is 0 Å². The minimum atomic E-state index is -0.235. The molecule has 2 aromatic carbocycles. The van der Waals surface area contributed by atoms with E-state index in [1.54, 1.807) is 18.3 Å². The van der Waals surface area contributed by atoms with Gasteiger partial charge in [-0.25, -0.2) is 4.39 Å². The van der Waals surface area contributed by atoms with E-state index in [2.05, 4.69) is 45.5 Å². The Hall–Kier alpha value is -2.72. The van der Waals surface area contributed by atoms with Crippen molar-refractivity contribution >= 4 is 5.69 Å². The molecule has 3 aromatic rings. The lowest BCUT2D eigenvalue weighted by atomic mass is 10.0. The number of aromatic nitrogens is 1. The van der Waals surface area contributed by atoms with Crippen LogP contribution in [0.25, 0.3) is 11.3 Å². The minimum absolute atomic E-state index is 0.235. The summed E-state index contributed by atoms with van der Waals surface area (Å²) in [6, 6.07) is 21.6. The quantitative estimate of drug-likeness (QED) is 0.776. The normalized spacial score (nSPS) is 17.3. The standard InChI is InChI=1S/C22H22FN3/c23-19-9-4-8-18(15-19)22-21(10-5-11-25-22)26-13-12-24-20(16-26)14-17-6-2-1-3-7-17/h1-11,15,20,24H,12-14,16H2. The van der Waals surface area contributed by atoms with E-state index < -0.39 is 0 Å². The van der Waals surface area contributed by atoms with Gasteiger partial charge in [-0.1, -0.05) is 42.5 Å². The second-order valence-corrected chi connectivity index (χ2v) is 6.67. The Morgan fingerprint density at radius 3 is 2.77 bits per heavy atom. The molecule has 0 bridgehead atoms. The molecule has 0 aliphatic carbocycles. The minimum Gasteiger partial charge on any atom is -0.367 e. The molecule has 1 atom stereocenters. The third kappa shape index (κ3) is 3.75. The molecule has 1 aromatic heterocycles. The van der Waals surface area contributed by atoms with Crippen LogP contribution in [0.5, 0.6) is 0 Å². The number of nitrogens with zero attached hydrogens (tertiary/aromatic N) is 2. The zero-order valence-electron chi connectivity index (χ0n) is 14.6. The van der Waals surface area contributed by atoms with Crippen LogP contribution in [0, 0.1) is 5.82 Å². The summed E-state index contributed by atoms with van der Waals surface area (Å²) in [6.45, 7) is 2.75. The number of hydrogen-bond acceptors (Lipinski definition) is 3. The molecule has 1 saturated heterocycles. The van der Waals surface area contributed by atoms with Gasteiger partial charge in [0, 0.05) is 37.4 Å². The van der Waals surface area contributed by atoms with E-state index in [-0.39, 0.29) is 5.82 Å². The molecule has 26 heavy (non-hydrogen) atoms. The lowest BCUT2D eigenvalue weighted by molar-refractivity contribution is 0.455. The van der Waals surface area contributed by atoms with E-state index in [1.807, 2.05) is 18.2 Å².